The molecule has 8 heteroatoms. The van der Waals surface area contributed by atoms with Crippen LogP contribution in [0.3, 0.4) is 0 Å². The molecule has 2 aromatic rings. The number of aryl methyl sites for hydroxylation is 1. The minimum atomic E-state index is 0. The van der Waals surface area contributed by atoms with Crippen LogP contribution < -0.4 is 5.32 Å². The first kappa shape index (κ1) is 20.4. The molecule has 0 aliphatic heterocycles. The van der Waals surface area contributed by atoms with Gasteiger partial charge >= 0.3 is 0 Å². The van der Waals surface area contributed by atoms with E-state index in [1.54, 1.807) is 11.3 Å². The van der Waals surface area contributed by atoms with E-state index in [-0.39, 0.29) is 24.0 Å². The highest BCUT2D eigenvalue weighted by Gasteiger charge is 2.09. The molecular weight excluding hydrogens is 491 g/mol. The third kappa shape index (κ3) is 6.42. The van der Waals surface area contributed by atoms with Gasteiger partial charge in [0.25, 0.3) is 0 Å². The monoisotopic (exact) mass is 512 g/mol. The van der Waals surface area contributed by atoms with Crippen molar-refractivity contribution in [3.05, 3.63) is 38.3 Å². The topological polar surface area (TPSA) is 53.7 Å². The summed E-state index contributed by atoms with van der Waals surface area (Å²) in [6.07, 6.45) is 0.875. The van der Waals surface area contributed by atoms with Crippen LogP contribution in [0.4, 0.5) is 0 Å². The number of rotatable bonds is 6. The third-order valence-corrected chi connectivity index (χ3v) is 4.68. The average molecular weight is 513 g/mol. The van der Waals surface area contributed by atoms with Crippen molar-refractivity contribution < 1.29 is 4.52 Å². The molecule has 0 aliphatic carbocycles. The van der Waals surface area contributed by atoms with Crippen molar-refractivity contribution >= 4 is 57.2 Å². The highest BCUT2D eigenvalue weighted by molar-refractivity contribution is 14.0. The number of nitrogens with zero attached hydrogens (tertiary/aromatic N) is 3. The van der Waals surface area contributed by atoms with Gasteiger partial charge in [-0.3, -0.25) is 0 Å². The van der Waals surface area contributed by atoms with Crippen molar-refractivity contribution in [3.8, 4) is 0 Å². The average Bonchev–Trinajstić information content (AvgIpc) is 3.12. The van der Waals surface area contributed by atoms with Crippen LogP contribution in [0.25, 0.3) is 0 Å². The van der Waals surface area contributed by atoms with Crippen molar-refractivity contribution in [2.45, 2.75) is 33.4 Å². The molecule has 1 N–H and O–H groups in total. The number of aliphatic imine (C=N–C) groups is 1. The largest absolute Gasteiger partial charge is 0.359 e. The molecule has 5 nitrogen and oxygen atoms in total. The second-order valence-corrected chi connectivity index (χ2v) is 7.42. The SMILES string of the molecule is CCNC(=NCc1cc(CC)no1)N(C)Cc1ccc(Br)s1.I. The molecule has 0 fully saturated rings. The van der Waals surface area contributed by atoms with Gasteiger partial charge in [-0.2, -0.15) is 0 Å². The number of thiophene rings is 1. The predicted molar refractivity (Wildman–Crippen MR) is 110 cm³/mol. The van der Waals surface area contributed by atoms with Gasteiger partial charge in [0.2, 0.25) is 0 Å². The smallest absolute Gasteiger partial charge is 0.194 e. The Labute approximate surface area is 166 Å². The van der Waals surface area contributed by atoms with Gasteiger partial charge in [0, 0.05) is 24.5 Å². The van der Waals surface area contributed by atoms with Gasteiger partial charge < -0.3 is 14.7 Å². The van der Waals surface area contributed by atoms with Crippen molar-refractivity contribution in [1.82, 2.24) is 15.4 Å². The van der Waals surface area contributed by atoms with Crippen molar-refractivity contribution in [2.75, 3.05) is 13.6 Å². The summed E-state index contributed by atoms with van der Waals surface area (Å²) in [5, 5.41) is 7.30. The number of hydrogen-bond acceptors (Lipinski definition) is 4. The summed E-state index contributed by atoms with van der Waals surface area (Å²) in [6.45, 7) is 6.26. The van der Waals surface area contributed by atoms with E-state index in [0.29, 0.717) is 6.54 Å². The Bertz CT molecular complexity index is 629. The number of nitrogens with one attached hydrogen (secondary N) is 1. The van der Waals surface area contributed by atoms with Gasteiger partial charge in [-0.25, -0.2) is 4.99 Å². The van der Waals surface area contributed by atoms with Gasteiger partial charge in [-0.1, -0.05) is 12.1 Å². The van der Waals surface area contributed by atoms with Crippen molar-refractivity contribution in [2.24, 2.45) is 4.99 Å². The molecule has 2 heterocycles. The Hall–Kier alpha value is -0.610. The number of hydrogen-bond donors (Lipinski definition) is 1. The van der Waals surface area contributed by atoms with E-state index >= 15 is 0 Å². The Morgan fingerprint density at radius 3 is 2.78 bits per heavy atom. The number of aromatic nitrogens is 1. The molecule has 0 atom stereocenters. The van der Waals surface area contributed by atoms with E-state index in [4.69, 9.17) is 4.52 Å². The zero-order valence-electron chi connectivity index (χ0n) is 13.5. The molecule has 0 amide bonds. The Morgan fingerprint density at radius 2 is 2.22 bits per heavy atom. The van der Waals surface area contributed by atoms with Crippen LogP contribution in [-0.2, 0) is 19.5 Å². The lowest BCUT2D eigenvalue weighted by atomic mass is 10.3. The van der Waals surface area contributed by atoms with E-state index in [0.717, 1.165) is 40.7 Å². The summed E-state index contributed by atoms with van der Waals surface area (Å²) >= 11 is 5.23. The van der Waals surface area contributed by atoms with E-state index in [9.17, 15) is 0 Å². The molecule has 2 rings (SSSR count). The molecule has 2 aromatic heterocycles. The molecule has 0 saturated carbocycles. The number of halogens is 2. The second kappa shape index (κ2) is 10.3. The summed E-state index contributed by atoms with van der Waals surface area (Å²) in [6, 6.07) is 6.15. The molecule has 128 valence electrons. The zero-order valence-corrected chi connectivity index (χ0v) is 18.2. The Balaban J connectivity index is 0.00000264. The molecular formula is C15H22BrIN4OS. The van der Waals surface area contributed by atoms with Gasteiger partial charge in [-0.05, 0) is 41.4 Å². The van der Waals surface area contributed by atoms with E-state index in [2.05, 4.69) is 62.3 Å². The highest BCUT2D eigenvalue weighted by atomic mass is 127. The van der Waals surface area contributed by atoms with E-state index in [1.807, 2.05) is 13.1 Å². The fraction of sp³-hybridized carbons (Fsp3) is 0.467. The van der Waals surface area contributed by atoms with Crippen LogP contribution in [-0.4, -0.2) is 29.6 Å². The summed E-state index contributed by atoms with van der Waals surface area (Å²) in [5.41, 5.74) is 0.965. The van der Waals surface area contributed by atoms with Crippen LogP contribution in [0.1, 0.15) is 30.2 Å². The number of guanidine groups is 1. The lowest BCUT2D eigenvalue weighted by Crippen LogP contribution is -2.38. The fourth-order valence-electron chi connectivity index (χ4n) is 1.96. The Morgan fingerprint density at radius 1 is 1.43 bits per heavy atom. The molecule has 0 saturated heterocycles. The summed E-state index contributed by atoms with van der Waals surface area (Å²) in [5.74, 6) is 1.65. The molecule has 23 heavy (non-hydrogen) atoms. The second-order valence-electron chi connectivity index (χ2n) is 4.87. The van der Waals surface area contributed by atoms with Crippen molar-refractivity contribution in [3.63, 3.8) is 0 Å². The van der Waals surface area contributed by atoms with Gasteiger partial charge in [0.1, 0.15) is 6.54 Å². The maximum absolute atomic E-state index is 5.28. The quantitative estimate of drug-likeness (QED) is 0.356. The lowest BCUT2D eigenvalue weighted by molar-refractivity contribution is 0.378. The first-order valence-electron chi connectivity index (χ1n) is 7.30. The normalized spacial score (nSPS) is 11.2. The van der Waals surface area contributed by atoms with Crippen molar-refractivity contribution in [1.29, 1.82) is 0 Å². The minimum Gasteiger partial charge on any atom is -0.359 e. The molecule has 0 spiro atoms. The van der Waals surface area contributed by atoms with Gasteiger partial charge in [0.15, 0.2) is 11.7 Å². The molecule has 0 aliphatic rings. The zero-order chi connectivity index (χ0) is 15.9. The predicted octanol–water partition coefficient (Wildman–Crippen LogP) is 4.28. The minimum absolute atomic E-state index is 0. The fourth-order valence-corrected chi connectivity index (χ4v) is 3.50. The lowest BCUT2D eigenvalue weighted by Gasteiger charge is -2.21. The summed E-state index contributed by atoms with van der Waals surface area (Å²) in [4.78, 5) is 8.02. The van der Waals surface area contributed by atoms with Crippen LogP contribution >= 0.6 is 51.2 Å². The summed E-state index contributed by atoms with van der Waals surface area (Å²) in [7, 11) is 2.03. The molecule has 0 bridgehead atoms. The standard InChI is InChI=1S/C15H21BrN4OS.HI/c1-4-11-8-12(21-19-11)9-18-15(17-5-2)20(3)10-13-6-7-14(16)22-13;/h6-8H,4-5,9-10H2,1-3H3,(H,17,18);1H. The first-order valence-corrected chi connectivity index (χ1v) is 8.91. The third-order valence-electron chi connectivity index (χ3n) is 3.07. The first-order chi connectivity index (χ1) is 10.6. The van der Waals surface area contributed by atoms with E-state index < -0.39 is 0 Å². The molecule has 0 aromatic carbocycles. The van der Waals surface area contributed by atoms with Crippen LogP contribution in [0.5, 0.6) is 0 Å². The summed E-state index contributed by atoms with van der Waals surface area (Å²) < 4.78 is 6.42. The van der Waals surface area contributed by atoms with Crippen LogP contribution in [0.2, 0.25) is 0 Å². The highest BCUT2D eigenvalue weighted by Crippen LogP contribution is 2.23. The van der Waals surface area contributed by atoms with E-state index in [1.165, 1.54) is 4.88 Å². The molecule has 0 unspecified atom stereocenters. The van der Waals surface area contributed by atoms with Gasteiger partial charge in [-0.15, -0.1) is 35.3 Å². The molecule has 0 radical (unpaired) electrons. The maximum atomic E-state index is 5.28. The van der Waals surface area contributed by atoms with Gasteiger partial charge in [0.05, 0.1) is 16.0 Å². The maximum Gasteiger partial charge on any atom is 0.194 e. The van der Waals surface area contributed by atoms with Crippen LogP contribution in [0.15, 0.2) is 31.5 Å². The van der Waals surface area contributed by atoms with Crippen LogP contribution in [0, 0.1) is 0 Å². The Kier molecular flexibility index (Phi) is 9.15.